The van der Waals surface area contributed by atoms with E-state index in [2.05, 4.69) is 23.0 Å². The molecule has 6 heteroatoms. The van der Waals surface area contributed by atoms with Gasteiger partial charge in [-0.3, -0.25) is 9.59 Å². The molecule has 2 N–H and O–H groups in total. The molecule has 0 aliphatic carbocycles. The van der Waals surface area contributed by atoms with Gasteiger partial charge in [0.05, 0.1) is 12.5 Å². The van der Waals surface area contributed by atoms with Crippen LogP contribution in [0.4, 0.5) is 0 Å². The Kier molecular flexibility index (Phi) is 5.48. The Morgan fingerprint density at radius 2 is 1.88 bits per heavy atom. The number of esters is 1. The second-order valence-electron chi connectivity index (χ2n) is 6.39. The second-order valence-corrected chi connectivity index (χ2v) is 6.39. The summed E-state index contributed by atoms with van der Waals surface area (Å²) in [5, 5.41) is 0. The highest BCUT2D eigenvalue weighted by molar-refractivity contribution is 5.82. The predicted molar refractivity (Wildman–Crippen MR) is 89.8 cm³/mol. The molecule has 0 bridgehead atoms. The molecule has 2 heterocycles. The summed E-state index contributed by atoms with van der Waals surface area (Å²) < 4.78 is 5.08. The molecule has 1 aromatic carbocycles. The molecule has 1 amide bonds. The molecule has 2 atom stereocenters. The highest BCUT2D eigenvalue weighted by Crippen LogP contribution is 2.25. The molecule has 1 aromatic rings. The highest BCUT2D eigenvalue weighted by Gasteiger charge is 2.35. The van der Waals surface area contributed by atoms with Crippen LogP contribution >= 0.6 is 0 Å². The van der Waals surface area contributed by atoms with Crippen LogP contribution in [-0.2, 0) is 14.3 Å². The molecular weight excluding hydrogens is 306 g/mol. The van der Waals surface area contributed by atoms with Crippen molar-refractivity contribution in [3.63, 3.8) is 0 Å². The number of nitrogens with one attached hydrogen (secondary N) is 2. The summed E-state index contributed by atoms with van der Waals surface area (Å²) in [6.45, 7) is 3.47. The van der Waals surface area contributed by atoms with E-state index < -0.39 is 0 Å². The molecule has 2 unspecified atom stereocenters. The molecule has 24 heavy (non-hydrogen) atoms. The van der Waals surface area contributed by atoms with Gasteiger partial charge < -0.3 is 9.64 Å². The molecule has 2 aliphatic rings. The van der Waals surface area contributed by atoms with Crippen LogP contribution in [0.15, 0.2) is 30.3 Å². The van der Waals surface area contributed by atoms with E-state index in [0.29, 0.717) is 32.5 Å². The Balaban J connectivity index is 1.50. The first-order chi connectivity index (χ1) is 11.7. The van der Waals surface area contributed by atoms with Gasteiger partial charge in [0, 0.05) is 19.1 Å². The van der Waals surface area contributed by atoms with E-state index in [4.69, 9.17) is 4.74 Å². The van der Waals surface area contributed by atoms with Crippen molar-refractivity contribution < 1.29 is 14.3 Å². The number of hydrogen-bond acceptors (Lipinski definition) is 5. The molecule has 0 spiro atoms. The molecule has 0 aromatic heterocycles. The first-order valence-corrected chi connectivity index (χ1v) is 8.70. The molecular formula is C18H25N3O3. The van der Waals surface area contributed by atoms with Crippen LogP contribution in [0.25, 0.3) is 0 Å². The summed E-state index contributed by atoms with van der Waals surface area (Å²) in [6.07, 6.45) is 2.11. The number of benzene rings is 1. The molecule has 2 fully saturated rings. The van der Waals surface area contributed by atoms with Crippen LogP contribution in [0.2, 0.25) is 0 Å². The largest absolute Gasteiger partial charge is 0.466 e. The molecule has 2 saturated heterocycles. The topological polar surface area (TPSA) is 70.7 Å². The fourth-order valence-electron chi connectivity index (χ4n) is 3.44. The summed E-state index contributed by atoms with van der Waals surface area (Å²) in [5.41, 5.74) is 7.52. The maximum absolute atomic E-state index is 12.7. The molecule has 2 aliphatic heterocycles. The van der Waals surface area contributed by atoms with Crippen LogP contribution in [0, 0.1) is 5.92 Å². The van der Waals surface area contributed by atoms with Gasteiger partial charge in [0.1, 0.15) is 6.04 Å². The van der Waals surface area contributed by atoms with E-state index in [1.807, 2.05) is 30.0 Å². The average Bonchev–Trinajstić information content (AvgIpc) is 3.12. The van der Waals surface area contributed by atoms with Crippen LogP contribution in [-0.4, -0.2) is 42.5 Å². The monoisotopic (exact) mass is 331 g/mol. The van der Waals surface area contributed by atoms with Crippen molar-refractivity contribution in [3.05, 3.63) is 35.9 Å². The zero-order valence-corrected chi connectivity index (χ0v) is 14.0. The number of hydrogen-bond donors (Lipinski definition) is 2. The van der Waals surface area contributed by atoms with Gasteiger partial charge in [-0.1, -0.05) is 30.3 Å². The lowest BCUT2D eigenvalue weighted by molar-refractivity contribution is -0.151. The minimum absolute atomic E-state index is 0.0688. The number of rotatable bonds is 4. The van der Waals surface area contributed by atoms with Crippen molar-refractivity contribution in [3.8, 4) is 0 Å². The van der Waals surface area contributed by atoms with Crippen LogP contribution < -0.4 is 10.9 Å². The quantitative estimate of drug-likeness (QED) is 0.816. The summed E-state index contributed by atoms with van der Waals surface area (Å²) in [6, 6.07) is 10.1. The van der Waals surface area contributed by atoms with Crippen molar-refractivity contribution in [2.24, 2.45) is 5.92 Å². The van der Waals surface area contributed by atoms with Gasteiger partial charge in [0.25, 0.3) is 0 Å². The van der Waals surface area contributed by atoms with E-state index in [0.717, 1.165) is 6.42 Å². The lowest BCUT2D eigenvalue weighted by Crippen LogP contribution is -2.49. The van der Waals surface area contributed by atoms with Gasteiger partial charge in [0.2, 0.25) is 5.91 Å². The standard InChI is InChI=1S/C18H25N3O3/c1-2-24-18(23)14-8-10-21(11-9-14)17(22)16-12-15(19-20-16)13-6-4-3-5-7-13/h3-7,14-16,19-20H,2,8-12H2,1H3. The van der Waals surface area contributed by atoms with Crippen LogP contribution in [0.3, 0.4) is 0 Å². The van der Waals surface area contributed by atoms with Crippen molar-refractivity contribution in [2.75, 3.05) is 19.7 Å². The molecule has 3 rings (SSSR count). The van der Waals surface area contributed by atoms with Gasteiger partial charge in [0.15, 0.2) is 0 Å². The summed E-state index contributed by atoms with van der Waals surface area (Å²) in [4.78, 5) is 26.3. The Hall–Kier alpha value is -1.92. The molecule has 6 nitrogen and oxygen atoms in total. The van der Waals surface area contributed by atoms with Crippen molar-refractivity contribution in [2.45, 2.75) is 38.3 Å². The number of piperidine rings is 1. The number of amides is 1. The van der Waals surface area contributed by atoms with Crippen molar-refractivity contribution >= 4 is 11.9 Å². The van der Waals surface area contributed by atoms with Crippen molar-refractivity contribution in [1.29, 1.82) is 0 Å². The maximum Gasteiger partial charge on any atom is 0.309 e. The van der Waals surface area contributed by atoms with Gasteiger partial charge in [-0.05, 0) is 31.7 Å². The van der Waals surface area contributed by atoms with Crippen molar-refractivity contribution in [1.82, 2.24) is 15.8 Å². The third-order valence-electron chi connectivity index (χ3n) is 4.83. The van der Waals surface area contributed by atoms with E-state index in [1.165, 1.54) is 5.56 Å². The summed E-state index contributed by atoms with van der Waals surface area (Å²) >= 11 is 0. The minimum atomic E-state index is -0.214. The molecule has 0 saturated carbocycles. The lowest BCUT2D eigenvalue weighted by Gasteiger charge is -2.32. The first-order valence-electron chi connectivity index (χ1n) is 8.70. The number of likely N-dealkylation sites (tertiary alicyclic amines) is 1. The van der Waals surface area contributed by atoms with Gasteiger partial charge in [-0.2, -0.15) is 0 Å². The maximum atomic E-state index is 12.7. The highest BCUT2D eigenvalue weighted by atomic mass is 16.5. The third kappa shape index (κ3) is 3.76. The van der Waals surface area contributed by atoms with Crippen LogP contribution in [0.5, 0.6) is 0 Å². The summed E-state index contributed by atoms with van der Waals surface area (Å²) in [5.74, 6) is -0.0848. The Morgan fingerprint density at radius 1 is 1.17 bits per heavy atom. The van der Waals surface area contributed by atoms with Gasteiger partial charge >= 0.3 is 5.97 Å². The van der Waals surface area contributed by atoms with E-state index in [9.17, 15) is 9.59 Å². The minimum Gasteiger partial charge on any atom is -0.466 e. The number of carbonyl (C=O) groups excluding carboxylic acids is 2. The first kappa shape index (κ1) is 16.9. The summed E-state index contributed by atoms with van der Waals surface area (Å²) in [7, 11) is 0. The SMILES string of the molecule is CCOC(=O)C1CCN(C(=O)C2CC(c3ccccc3)NN2)CC1. The zero-order valence-electron chi connectivity index (χ0n) is 14.0. The smallest absolute Gasteiger partial charge is 0.309 e. The Morgan fingerprint density at radius 3 is 2.54 bits per heavy atom. The fourth-order valence-corrected chi connectivity index (χ4v) is 3.44. The number of carbonyl (C=O) groups is 2. The van der Waals surface area contributed by atoms with E-state index >= 15 is 0 Å². The average molecular weight is 331 g/mol. The normalized spacial score (nSPS) is 24.8. The lowest BCUT2D eigenvalue weighted by atomic mass is 9.95. The van der Waals surface area contributed by atoms with Gasteiger partial charge in [-0.25, -0.2) is 10.9 Å². The Bertz CT molecular complexity index is 570. The fraction of sp³-hybridized carbons (Fsp3) is 0.556. The second kappa shape index (κ2) is 7.77. The van der Waals surface area contributed by atoms with E-state index in [1.54, 1.807) is 0 Å². The third-order valence-corrected chi connectivity index (χ3v) is 4.83. The van der Waals surface area contributed by atoms with Crippen LogP contribution in [0.1, 0.15) is 37.8 Å². The number of ether oxygens (including phenoxy) is 1. The Labute approximate surface area is 142 Å². The number of nitrogens with zero attached hydrogens (tertiary/aromatic N) is 1. The zero-order chi connectivity index (χ0) is 16.9. The van der Waals surface area contributed by atoms with Gasteiger partial charge in [-0.15, -0.1) is 0 Å². The molecule has 0 radical (unpaired) electrons. The predicted octanol–water partition coefficient (Wildman–Crippen LogP) is 1.40. The van der Waals surface area contributed by atoms with E-state index in [-0.39, 0.29) is 29.9 Å². The molecule has 130 valence electrons. The number of hydrazine groups is 1.